The van der Waals surface area contributed by atoms with E-state index in [2.05, 4.69) is 0 Å². The number of carbonyl (C=O) groups is 2. The lowest BCUT2D eigenvalue weighted by Gasteiger charge is -2.31. The second-order valence-corrected chi connectivity index (χ2v) is 7.08. The average Bonchev–Trinajstić information content (AvgIpc) is 2.73. The molecule has 1 saturated heterocycles. The summed E-state index contributed by atoms with van der Waals surface area (Å²) in [5.74, 6) is -1.69. The van der Waals surface area contributed by atoms with Gasteiger partial charge in [0, 0.05) is 38.8 Å². The molecule has 1 atom stereocenters. The standard InChI is InChI=1S/C20H22FN3O5/c1-22-16(10-17(25)23(2)20(22)28)12-29-19(27)14-4-3-9-24(11-14)18(26)13-5-7-15(21)8-6-13/h5-8,10,14H,3-4,9,11-12H2,1-2H3/t14-/m1/s1. The van der Waals surface area contributed by atoms with Crippen LogP contribution >= 0.6 is 0 Å². The molecule has 0 unspecified atom stereocenters. The molecule has 3 rings (SSSR count). The van der Waals surface area contributed by atoms with E-state index in [0.29, 0.717) is 30.6 Å². The van der Waals surface area contributed by atoms with Gasteiger partial charge in [0.1, 0.15) is 12.4 Å². The van der Waals surface area contributed by atoms with Crippen molar-refractivity contribution in [1.29, 1.82) is 0 Å². The smallest absolute Gasteiger partial charge is 0.330 e. The van der Waals surface area contributed by atoms with Crippen LogP contribution in [0.3, 0.4) is 0 Å². The minimum Gasteiger partial charge on any atom is -0.459 e. The largest absolute Gasteiger partial charge is 0.459 e. The van der Waals surface area contributed by atoms with Crippen LogP contribution in [0.4, 0.5) is 4.39 Å². The van der Waals surface area contributed by atoms with Gasteiger partial charge in [-0.1, -0.05) is 0 Å². The summed E-state index contributed by atoms with van der Waals surface area (Å²) in [6, 6.07) is 6.51. The number of halogens is 1. The van der Waals surface area contributed by atoms with Crippen molar-refractivity contribution in [2.24, 2.45) is 20.0 Å². The van der Waals surface area contributed by atoms with Crippen LogP contribution in [-0.4, -0.2) is 39.0 Å². The van der Waals surface area contributed by atoms with E-state index >= 15 is 0 Å². The average molecular weight is 403 g/mol. The Balaban J connectivity index is 1.64. The number of hydrogen-bond donors (Lipinski definition) is 0. The van der Waals surface area contributed by atoms with Crippen LogP contribution in [-0.2, 0) is 30.2 Å². The molecule has 0 spiro atoms. The summed E-state index contributed by atoms with van der Waals surface area (Å²) in [5, 5.41) is 0. The van der Waals surface area contributed by atoms with Gasteiger partial charge < -0.3 is 9.64 Å². The molecule has 0 bridgehead atoms. The van der Waals surface area contributed by atoms with E-state index in [-0.39, 0.29) is 19.1 Å². The topological polar surface area (TPSA) is 90.6 Å². The van der Waals surface area contributed by atoms with Gasteiger partial charge in [-0.3, -0.25) is 23.5 Å². The number of amides is 1. The Kier molecular flexibility index (Phi) is 5.95. The van der Waals surface area contributed by atoms with Crippen molar-refractivity contribution in [2.75, 3.05) is 13.1 Å². The normalized spacial score (nSPS) is 16.5. The lowest BCUT2D eigenvalue weighted by Crippen LogP contribution is -2.43. The molecule has 154 valence electrons. The predicted molar refractivity (Wildman–Crippen MR) is 102 cm³/mol. The first-order valence-corrected chi connectivity index (χ1v) is 9.25. The van der Waals surface area contributed by atoms with E-state index in [9.17, 15) is 23.6 Å². The molecule has 29 heavy (non-hydrogen) atoms. The molecule has 2 aromatic rings. The van der Waals surface area contributed by atoms with Gasteiger partial charge in [0.15, 0.2) is 0 Å². The first-order chi connectivity index (χ1) is 13.8. The maximum Gasteiger partial charge on any atom is 0.330 e. The fourth-order valence-electron chi connectivity index (χ4n) is 3.31. The lowest BCUT2D eigenvalue weighted by molar-refractivity contribution is -0.151. The molecule has 1 fully saturated rings. The van der Waals surface area contributed by atoms with Crippen LogP contribution < -0.4 is 11.2 Å². The van der Waals surface area contributed by atoms with Crippen molar-refractivity contribution in [3.63, 3.8) is 0 Å². The summed E-state index contributed by atoms with van der Waals surface area (Å²) in [7, 11) is 2.86. The van der Waals surface area contributed by atoms with Gasteiger partial charge in [0.25, 0.3) is 11.5 Å². The number of carbonyl (C=O) groups excluding carboxylic acids is 2. The molecule has 1 aromatic heterocycles. The van der Waals surface area contributed by atoms with Crippen molar-refractivity contribution in [3.05, 3.63) is 68.2 Å². The monoisotopic (exact) mass is 403 g/mol. The van der Waals surface area contributed by atoms with E-state index in [0.717, 1.165) is 4.57 Å². The number of piperidine rings is 1. The quantitative estimate of drug-likeness (QED) is 0.705. The third-order valence-corrected chi connectivity index (χ3v) is 5.12. The number of nitrogens with zero attached hydrogens (tertiary/aromatic N) is 3. The number of rotatable bonds is 4. The van der Waals surface area contributed by atoms with Crippen molar-refractivity contribution in [1.82, 2.24) is 14.0 Å². The van der Waals surface area contributed by atoms with Crippen LogP contribution in [0.25, 0.3) is 0 Å². The van der Waals surface area contributed by atoms with Gasteiger partial charge >= 0.3 is 11.7 Å². The Bertz CT molecular complexity index is 1040. The number of aromatic nitrogens is 2. The Morgan fingerprint density at radius 1 is 1.14 bits per heavy atom. The van der Waals surface area contributed by atoms with Gasteiger partial charge in [-0.15, -0.1) is 0 Å². The molecule has 0 radical (unpaired) electrons. The summed E-state index contributed by atoms with van der Waals surface area (Å²) < 4.78 is 20.6. The number of likely N-dealkylation sites (tertiary alicyclic amines) is 1. The molecule has 1 amide bonds. The van der Waals surface area contributed by atoms with Crippen LogP contribution in [0.15, 0.2) is 39.9 Å². The molecule has 0 N–H and O–H groups in total. The van der Waals surface area contributed by atoms with Crippen molar-refractivity contribution in [3.8, 4) is 0 Å². The van der Waals surface area contributed by atoms with Crippen molar-refractivity contribution in [2.45, 2.75) is 19.4 Å². The van der Waals surface area contributed by atoms with Crippen LogP contribution in [0.2, 0.25) is 0 Å². The first-order valence-electron chi connectivity index (χ1n) is 9.25. The second-order valence-electron chi connectivity index (χ2n) is 7.08. The van der Waals surface area contributed by atoms with Gasteiger partial charge in [0.2, 0.25) is 0 Å². The molecule has 9 heteroatoms. The van der Waals surface area contributed by atoms with Crippen molar-refractivity contribution >= 4 is 11.9 Å². The molecule has 0 saturated carbocycles. The van der Waals surface area contributed by atoms with Crippen molar-refractivity contribution < 1.29 is 18.7 Å². The predicted octanol–water partition coefficient (Wildman–Crippen LogP) is 0.819. The minimum absolute atomic E-state index is 0.199. The van der Waals surface area contributed by atoms with Crippen LogP contribution in [0, 0.1) is 11.7 Å². The summed E-state index contributed by atoms with van der Waals surface area (Å²) >= 11 is 0. The molecule has 1 aliphatic rings. The Hall–Kier alpha value is -3.23. The summed E-state index contributed by atoms with van der Waals surface area (Å²) in [6.45, 7) is 0.497. The molecule has 1 aromatic carbocycles. The lowest BCUT2D eigenvalue weighted by atomic mass is 9.97. The summed E-state index contributed by atoms with van der Waals surface area (Å²) in [6.07, 6.45) is 1.21. The SMILES string of the molecule is Cn1c(COC(=O)[C@@H]2CCCN(C(=O)c3ccc(F)cc3)C2)cc(=O)n(C)c1=O. The zero-order valence-electron chi connectivity index (χ0n) is 16.3. The van der Waals surface area contributed by atoms with Gasteiger partial charge in [0.05, 0.1) is 11.6 Å². The highest BCUT2D eigenvalue weighted by molar-refractivity contribution is 5.94. The molecule has 1 aliphatic heterocycles. The second kappa shape index (κ2) is 8.42. The zero-order valence-corrected chi connectivity index (χ0v) is 16.3. The highest BCUT2D eigenvalue weighted by Gasteiger charge is 2.30. The van der Waals surface area contributed by atoms with Gasteiger partial charge in [-0.05, 0) is 37.1 Å². The van der Waals surface area contributed by atoms with E-state index in [1.165, 1.54) is 49.0 Å². The molecular weight excluding hydrogens is 381 g/mol. The summed E-state index contributed by atoms with van der Waals surface area (Å²) in [4.78, 5) is 50.3. The molecule has 0 aliphatic carbocycles. The first kappa shape index (κ1) is 20.5. The highest BCUT2D eigenvalue weighted by atomic mass is 19.1. The molecule has 2 heterocycles. The number of hydrogen-bond acceptors (Lipinski definition) is 5. The van der Waals surface area contributed by atoms with Gasteiger partial charge in [-0.2, -0.15) is 0 Å². The number of esters is 1. The third kappa shape index (κ3) is 4.44. The maximum atomic E-state index is 13.1. The van der Waals surface area contributed by atoms with Crippen LogP contribution in [0.5, 0.6) is 0 Å². The Labute approximate surface area is 166 Å². The van der Waals surface area contributed by atoms with E-state index in [4.69, 9.17) is 4.74 Å². The summed E-state index contributed by atoms with van der Waals surface area (Å²) in [5.41, 5.74) is -0.331. The Morgan fingerprint density at radius 3 is 2.52 bits per heavy atom. The fraction of sp³-hybridized carbons (Fsp3) is 0.400. The third-order valence-electron chi connectivity index (χ3n) is 5.12. The molecule has 8 nitrogen and oxygen atoms in total. The highest BCUT2D eigenvalue weighted by Crippen LogP contribution is 2.20. The number of benzene rings is 1. The van der Waals surface area contributed by atoms with Crippen LogP contribution in [0.1, 0.15) is 28.9 Å². The fourth-order valence-corrected chi connectivity index (χ4v) is 3.31. The van der Waals surface area contributed by atoms with E-state index in [1.54, 1.807) is 4.90 Å². The maximum absolute atomic E-state index is 13.1. The Morgan fingerprint density at radius 2 is 1.83 bits per heavy atom. The minimum atomic E-state index is -0.503. The van der Waals surface area contributed by atoms with Gasteiger partial charge in [-0.25, -0.2) is 9.18 Å². The van der Waals surface area contributed by atoms with E-state index in [1.807, 2.05) is 0 Å². The van der Waals surface area contributed by atoms with E-state index < -0.39 is 29.0 Å². The number of ether oxygens (including phenoxy) is 1. The molecular formula is C20H22FN3O5. The zero-order chi connectivity index (χ0) is 21.1.